The van der Waals surface area contributed by atoms with E-state index < -0.39 is 4.92 Å². The van der Waals surface area contributed by atoms with Crippen molar-refractivity contribution in [2.24, 2.45) is 0 Å². The number of benzene rings is 1. The van der Waals surface area contributed by atoms with Gasteiger partial charge in [0.05, 0.1) is 11.0 Å². The van der Waals surface area contributed by atoms with Crippen molar-refractivity contribution in [1.29, 1.82) is 0 Å². The monoisotopic (exact) mass is 251 g/mol. The van der Waals surface area contributed by atoms with Gasteiger partial charge in [-0.2, -0.15) is 0 Å². The molecule has 1 amide bonds. The molecule has 1 rings (SSSR count). The minimum Gasteiger partial charge on any atom is -0.347 e. The molecular weight excluding hydrogens is 234 g/mol. The van der Waals surface area contributed by atoms with Crippen LogP contribution in [-0.4, -0.2) is 35.9 Å². The first kappa shape index (κ1) is 14.1. The van der Waals surface area contributed by atoms with Crippen LogP contribution < -0.4 is 5.32 Å². The van der Waals surface area contributed by atoms with Gasteiger partial charge in [-0.25, -0.2) is 0 Å². The first-order chi connectivity index (χ1) is 8.41. The minimum absolute atomic E-state index is 0.0274. The van der Waals surface area contributed by atoms with Crippen molar-refractivity contribution >= 4 is 11.6 Å². The second kappa shape index (κ2) is 6.11. The van der Waals surface area contributed by atoms with Crippen LogP contribution >= 0.6 is 0 Å². The molecule has 0 aliphatic rings. The lowest BCUT2D eigenvalue weighted by Gasteiger charge is -2.17. The van der Waals surface area contributed by atoms with Crippen LogP contribution in [0.5, 0.6) is 0 Å². The van der Waals surface area contributed by atoms with E-state index in [1.807, 2.05) is 0 Å². The molecule has 1 atom stereocenters. The van der Waals surface area contributed by atoms with Gasteiger partial charge in [0.2, 0.25) is 5.91 Å². The Morgan fingerprint density at radius 2 is 2.17 bits per heavy atom. The average molecular weight is 251 g/mol. The number of nitro benzene ring substituents is 1. The van der Waals surface area contributed by atoms with E-state index in [2.05, 4.69) is 5.32 Å². The topological polar surface area (TPSA) is 75.5 Å². The molecule has 0 spiro atoms. The lowest BCUT2D eigenvalue weighted by molar-refractivity contribution is -0.384. The van der Waals surface area contributed by atoms with Crippen LogP contribution in [0.25, 0.3) is 0 Å². The van der Waals surface area contributed by atoms with Crippen LogP contribution in [0.1, 0.15) is 12.5 Å². The van der Waals surface area contributed by atoms with Crippen LogP contribution in [0.2, 0.25) is 0 Å². The van der Waals surface area contributed by atoms with Gasteiger partial charge in [-0.05, 0) is 12.5 Å². The zero-order valence-corrected chi connectivity index (χ0v) is 10.7. The Morgan fingerprint density at radius 1 is 1.50 bits per heavy atom. The van der Waals surface area contributed by atoms with E-state index in [1.54, 1.807) is 33.2 Å². The maximum Gasteiger partial charge on any atom is 0.269 e. The Bertz CT molecular complexity index is 446. The molecule has 0 saturated heterocycles. The molecule has 1 unspecified atom stereocenters. The summed E-state index contributed by atoms with van der Waals surface area (Å²) in [5.41, 5.74) is 0.837. The van der Waals surface area contributed by atoms with Gasteiger partial charge in [-0.1, -0.05) is 12.1 Å². The maximum atomic E-state index is 11.6. The number of nitrogens with one attached hydrogen (secondary N) is 1. The predicted molar refractivity (Wildman–Crippen MR) is 68.1 cm³/mol. The Balaban J connectivity index is 2.61. The molecule has 0 aliphatic heterocycles. The van der Waals surface area contributed by atoms with Crippen LogP contribution in [-0.2, 0) is 11.3 Å². The summed E-state index contributed by atoms with van der Waals surface area (Å²) >= 11 is 0. The molecule has 0 bridgehead atoms. The molecule has 0 radical (unpaired) electrons. The van der Waals surface area contributed by atoms with Crippen LogP contribution in [0, 0.1) is 10.1 Å². The van der Waals surface area contributed by atoms with Gasteiger partial charge in [-0.3, -0.25) is 14.9 Å². The van der Waals surface area contributed by atoms with Crippen molar-refractivity contribution in [3.8, 4) is 0 Å². The number of carbonyl (C=O) groups excluding carboxylic acids is 1. The number of nitrogens with zero attached hydrogens (tertiary/aromatic N) is 2. The largest absolute Gasteiger partial charge is 0.347 e. The summed E-state index contributed by atoms with van der Waals surface area (Å²) in [5, 5.41) is 13.6. The highest BCUT2D eigenvalue weighted by Crippen LogP contribution is 2.12. The van der Waals surface area contributed by atoms with Crippen molar-refractivity contribution in [3.63, 3.8) is 0 Å². The third-order valence-electron chi connectivity index (χ3n) is 2.54. The lowest BCUT2D eigenvalue weighted by Crippen LogP contribution is -2.41. The minimum atomic E-state index is -0.433. The van der Waals surface area contributed by atoms with Gasteiger partial charge in [-0.15, -0.1) is 0 Å². The Kier molecular flexibility index (Phi) is 4.79. The number of carbonyl (C=O) groups is 1. The van der Waals surface area contributed by atoms with Crippen molar-refractivity contribution in [3.05, 3.63) is 39.9 Å². The SMILES string of the molecule is CC(NCc1cccc([N+](=O)[O-])c1)C(=O)N(C)C. The van der Waals surface area contributed by atoms with E-state index in [-0.39, 0.29) is 17.6 Å². The molecule has 0 saturated carbocycles. The van der Waals surface area contributed by atoms with E-state index >= 15 is 0 Å². The first-order valence-electron chi connectivity index (χ1n) is 5.59. The van der Waals surface area contributed by atoms with Gasteiger partial charge in [0.1, 0.15) is 0 Å². The number of likely N-dealkylation sites (N-methyl/N-ethyl adjacent to an activating group) is 1. The Hall–Kier alpha value is -1.95. The summed E-state index contributed by atoms with van der Waals surface area (Å²) in [4.78, 5) is 23.3. The Morgan fingerprint density at radius 3 is 2.72 bits per heavy atom. The van der Waals surface area contributed by atoms with E-state index in [9.17, 15) is 14.9 Å². The molecule has 1 aromatic rings. The normalized spacial score (nSPS) is 11.9. The third-order valence-corrected chi connectivity index (χ3v) is 2.54. The maximum absolute atomic E-state index is 11.6. The summed E-state index contributed by atoms with van der Waals surface area (Å²) in [5.74, 6) is -0.0274. The Labute approximate surface area is 106 Å². The molecule has 1 aromatic carbocycles. The first-order valence-corrected chi connectivity index (χ1v) is 5.59. The second-order valence-electron chi connectivity index (χ2n) is 4.26. The van der Waals surface area contributed by atoms with E-state index in [0.717, 1.165) is 5.56 Å². The zero-order valence-electron chi connectivity index (χ0n) is 10.7. The highest BCUT2D eigenvalue weighted by molar-refractivity contribution is 5.80. The fourth-order valence-corrected chi connectivity index (χ4v) is 1.53. The molecule has 1 N–H and O–H groups in total. The molecule has 6 nitrogen and oxygen atoms in total. The van der Waals surface area contributed by atoms with Crippen molar-refractivity contribution in [2.45, 2.75) is 19.5 Å². The smallest absolute Gasteiger partial charge is 0.269 e. The second-order valence-corrected chi connectivity index (χ2v) is 4.26. The van der Waals surface area contributed by atoms with Crippen LogP contribution in [0.15, 0.2) is 24.3 Å². The number of non-ortho nitro benzene ring substituents is 1. The molecule has 18 heavy (non-hydrogen) atoms. The average Bonchev–Trinajstić information content (AvgIpc) is 2.35. The lowest BCUT2D eigenvalue weighted by atomic mass is 10.2. The third kappa shape index (κ3) is 3.81. The summed E-state index contributed by atoms with van der Waals surface area (Å²) < 4.78 is 0. The highest BCUT2D eigenvalue weighted by atomic mass is 16.6. The molecule has 0 heterocycles. The molecule has 0 aromatic heterocycles. The summed E-state index contributed by atoms with van der Waals surface area (Å²) in [7, 11) is 3.38. The number of rotatable bonds is 5. The van der Waals surface area contributed by atoms with E-state index in [1.165, 1.54) is 17.0 Å². The number of hydrogen-bond donors (Lipinski definition) is 1. The van der Waals surface area contributed by atoms with Gasteiger partial charge < -0.3 is 10.2 Å². The van der Waals surface area contributed by atoms with E-state index in [4.69, 9.17) is 0 Å². The van der Waals surface area contributed by atoms with Gasteiger partial charge in [0, 0.05) is 32.8 Å². The van der Waals surface area contributed by atoms with Gasteiger partial charge >= 0.3 is 0 Å². The van der Waals surface area contributed by atoms with Gasteiger partial charge in [0.15, 0.2) is 0 Å². The number of amides is 1. The zero-order chi connectivity index (χ0) is 13.7. The van der Waals surface area contributed by atoms with Crippen LogP contribution in [0.4, 0.5) is 5.69 Å². The fraction of sp³-hybridized carbons (Fsp3) is 0.417. The molecule has 6 heteroatoms. The molecule has 0 aliphatic carbocycles. The summed E-state index contributed by atoms with van der Waals surface area (Å²) in [6, 6.07) is 6.04. The molecular formula is C12H17N3O3. The van der Waals surface area contributed by atoms with Crippen LogP contribution in [0.3, 0.4) is 0 Å². The highest BCUT2D eigenvalue weighted by Gasteiger charge is 2.14. The molecule has 0 fully saturated rings. The quantitative estimate of drug-likeness (QED) is 0.629. The summed E-state index contributed by atoms with van der Waals surface area (Å²) in [6.45, 7) is 2.18. The van der Waals surface area contributed by atoms with Crippen molar-refractivity contribution in [2.75, 3.05) is 14.1 Å². The summed E-state index contributed by atoms with van der Waals surface area (Å²) in [6.07, 6.45) is 0. The molecule has 98 valence electrons. The van der Waals surface area contributed by atoms with Crippen molar-refractivity contribution < 1.29 is 9.72 Å². The predicted octanol–water partition coefficient (Wildman–Crippen LogP) is 1.16. The van der Waals surface area contributed by atoms with Gasteiger partial charge in [0.25, 0.3) is 5.69 Å². The standard InChI is InChI=1S/C12H17N3O3/c1-9(12(16)14(2)3)13-8-10-5-4-6-11(7-10)15(17)18/h4-7,9,13H,8H2,1-3H3. The van der Waals surface area contributed by atoms with E-state index in [0.29, 0.717) is 6.54 Å². The number of hydrogen-bond acceptors (Lipinski definition) is 4. The number of nitro groups is 1. The fourth-order valence-electron chi connectivity index (χ4n) is 1.53. The van der Waals surface area contributed by atoms with Crippen molar-refractivity contribution in [1.82, 2.24) is 10.2 Å².